The lowest BCUT2D eigenvalue weighted by Crippen LogP contribution is -2.43. The molecule has 0 amide bonds. The summed E-state index contributed by atoms with van der Waals surface area (Å²) in [6.07, 6.45) is 3.32. The number of hydrogen-bond donors (Lipinski definition) is 0. The van der Waals surface area contributed by atoms with Gasteiger partial charge in [0, 0.05) is 42.2 Å². The molecule has 0 spiro atoms. The van der Waals surface area contributed by atoms with E-state index in [1.54, 1.807) is 35.6 Å². The van der Waals surface area contributed by atoms with Crippen LogP contribution in [0.1, 0.15) is 63.3 Å². The highest BCUT2D eigenvalue weighted by molar-refractivity contribution is 7.25. The Balaban J connectivity index is 1.62. The first-order valence-electron chi connectivity index (χ1n) is 15.7. The zero-order chi connectivity index (χ0) is 35.0. The van der Waals surface area contributed by atoms with Crippen LogP contribution in [0.25, 0.3) is 26.3 Å². The molecule has 1 aromatic carbocycles. The van der Waals surface area contributed by atoms with Crippen molar-refractivity contribution in [3.05, 3.63) is 75.4 Å². The minimum atomic E-state index is -4.92. The number of hydrogen-bond acceptors (Lipinski definition) is 8. The number of benzene rings is 1. The van der Waals surface area contributed by atoms with E-state index in [1.165, 1.54) is 29.4 Å². The maximum atomic E-state index is 14.4. The minimum Gasteiger partial charge on any atom is -0.470 e. The van der Waals surface area contributed by atoms with Crippen molar-refractivity contribution in [1.29, 1.82) is 15.8 Å². The van der Waals surface area contributed by atoms with Gasteiger partial charge in [-0.3, -0.25) is 0 Å². The van der Waals surface area contributed by atoms with Gasteiger partial charge in [-0.15, -0.1) is 22.7 Å². The Bertz CT molecular complexity index is 1930. The molecule has 2 atom stereocenters. The lowest BCUT2D eigenvalue weighted by molar-refractivity contribution is -0.236. The zero-order valence-electron chi connectivity index (χ0n) is 27.7. The number of anilines is 2. The number of fused-ring (bicyclic) bond motifs is 3. The highest BCUT2D eigenvalue weighted by Gasteiger charge is 2.60. The van der Waals surface area contributed by atoms with E-state index in [-0.39, 0.29) is 5.54 Å². The van der Waals surface area contributed by atoms with Gasteiger partial charge in [0.2, 0.25) is 5.60 Å². The number of alkyl halides is 3. The van der Waals surface area contributed by atoms with Crippen molar-refractivity contribution < 1.29 is 17.9 Å². The Morgan fingerprint density at radius 2 is 1.67 bits per heavy atom. The van der Waals surface area contributed by atoms with Crippen LogP contribution in [0.15, 0.2) is 65.0 Å². The van der Waals surface area contributed by atoms with Gasteiger partial charge in [-0.05, 0) is 61.7 Å². The third-order valence-corrected chi connectivity index (χ3v) is 11.8. The molecule has 2 aliphatic heterocycles. The second-order valence-corrected chi connectivity index (χ2v) is 14.7. The minimum absolute atomic E-state index is 0.300. The lowest BCUT2D eigenvalue weighted by atomic mass is 9.82. The third-order valence-electron chi connectivity index (χ3n) is 9.37. The van der Waals surface area contributed by atoms with E-state index in [4.69, 9.17) is 4.74 Å². The molecule has 6 nitrogen and oxygen atoms in total. The highest BCUT2D eigenvalue weighted by Crippen LogP contribution is 2.57. The van der Waals surface area contributed by atoms with Crippen LogP contribution in [0.3, 0.4) is 0 Å². The first-order chi connectivity index (χ1) is 22.7. The van der Waals surface area contributed by atoms with E-state index in [0.717, 1.165) is 64.2 Å². The lowest BCUT2D eigenvalue weighted by Gasteiger charge is -2.44. The van der Waals surface area contributed by atoms with E-state index in [9.17, 15) is 29.0 Å². The van der Waals surface area contributed by atoms with Crippen LogP contribution >= 0.6 is 22.7 Å². The molecule has 0 N–H and O–H groups in total. The highest BCUT2D eigenvalue weighted by atomic mass is 32.1. The van der Waals surface area contributed by atoms with Crippen LogP contribution in [0, 0.1) is 34.0 Å². The summed E-state index contributed by atoms with van der Waals surface area (Å²) in [7, 11) is 6.10. The number of allylic oxidation sites excluding steroid dienone is 2. The molecule has 2 aliphatic rings. The predicted octanol–water partition coefficient (Wildman–Crippen LogP) is 10.3. The quantitative estimate of drug-likeness (QED) is 0.164. The molecule has 2 aromatic heterocycles. The Hall–Kier alpha value is -4.50. The van der Waals surface area contributed by atoms with E-state index in [0.29, 0.717) is 4.88 Å². The Labute approximate surface area is 287 Å². The molecule has 0 saturated heterocycles. The van der Waals surface area contributed by atoms with Crippen molar-refractivity contribution >= 4 is 40.1 Å². The van der Waals surface area contributed by atoms with Crippen molar-refractivity contribution in [3.63, 3.8) is 0 Å². The molecular weight excluding hydrogens is 652 g/mol. The van der Waals surface area contributed by atoms with Crippen molar-refractivity contribution in [1.82, 2.24) is 0 Å². The van der Waals surface area contributed by atoms with Gasteiger partial charge in [-0.2, -0.15) is 29.0 Å². The molecule has 0 fully saturated rings. The summed E-state index contributed by atoms with van der Waals surface area (Å²) in [4.78, 5) is 8.39. The number of ether oxygens (including phenoxy) is 1. The fourth-order valence-electron chi connectivity index (χ4n) is 6.27. The number of nitriles is 3. The first-order valence-corrected chi connectivity index (χ1v) is 17.3. The number of thiophene rings is 2. The van der Waals surface area contributed by atoms with E-state index >= 15 is 0 Å². The largest absolute Gasteiger partial charge is 0.470 e. The van der Waals surface area contributed by atoms with Gasteiger partial charge < -0.3 is 14.5 Å². The van der Waals surface area contributed by atoms with E-state index < -0.39 is 34.3 Å². The van der Waals surface area contributed by atoms with Crippen molar-refractivity contribution in [3.8, 4) is 38.4 Å². The van der Waals surface area contributed by atoms with Crippen LogP contribution in [0.4, 0.5) is 24.5 Å². The molecule has 48 heavy (non-hydrogen) atoms. The first kappa shape index (κ1) is 34.8. The van der Waals surface area contributed by atoms with Crippen LogP contribution in [-0.2, 0) is 10.3 Å². The Kier molecular flexibility index (Phi) is 9.57. The van der Waals surface area contributed by atoms with Crippen molar-refractivity contribution in [2.45, 2.75) is 70.2 Å². The number of halogens is 3. The second kappa shape index (κ2) is 13.2. The maximum absolute atomic E-state index is 14.4. The molecule has 0 radical (unpaired) electrons. The number of rotatable bonds is 9. The topological polar surface area (TPSA) is 87.1 Å². The van der Waals surface area contributed by atoms with Gasteiger partial charge in [0.15, 0.2) is 11.3 Å². The summed E-state index contributed by atoms with van der Waals surface area (Å²) in [6, 6.07) is 17.6. The van der Waals surface area contributed by atoms with Gasteiger partial charge in [0.25, 0.3) is 0 Å². The van der Waals surface area contributed by atoms with Gasteiger partial charge in [0.05, 0.1) is 21.0 Å². The molecule has 0 saturated carbocycles. The number of unbranched alkanes of at least 4 members (excludes halogenated alkanes) is 3. The maximum Gasteiger partial charge on any atom is 0.432 e. The van der Waals surface area contributed by atoms with Crippen LogP contribution in [0.2, 0.25) is 0 Å². The van der Waals surface area contributed by atoms with Crippen molar-refractivity contribution in [2.24, 2.45) is 0 Å². The molecular formula is C37H36F3N5OS2. The summed E-state index contributed by atoms with van der Waals surface area (Å²) >= 11 is 3.20. The van der Waals surface area contributed by atoms with Crippen molar-refractivity contribution in [2.75, 3.05) is 30.9 Å². The molecule has 0 bridgehead atoms. The average Bonchev–Trinajstić information content (AvgIpc) is 3.76. The SMILES string of the molecule is CCCCCCC1(C)c2cc(-c3ccc(N(C)C)cc3)sc2-c2sc(/C=C/C3=C(C#N)C(=C(C#N)C#N)OC3(C)C(F)(F)F)cc2N1C. The average molecular weight is 688 g/mol. The fraction of sp³-hybridized carbons (Fsp3) is 0.378. The van der Waals surface area contributed by atoms with Crippen LogP contribution < -0.4 is 9.80 Å². The smallest absolute Gasteiger partial charge is 0.432 e. The molecule has 3 aromatic rings. The standard InChI is InChI=1S/C37H36F3N5OS2/c1-7-8-9-10-17-35(2)29-19-31(23-11-13-25(14-12-23)44(4)5)48-33(29)34-30(45(35)6)18-26(47-34)15-16-28-27(22-43)32(24(20-41)21-42)46-36(28,3)37(38,39)40/h11-16,18-19H,7-10,17H2,1-6H3/b16-15+. The third kappa shape index (κ3) is 5.89. The van der Waals surface area contributed by atoms with Gasteiger partial charge in [-0.1, -0.05) is 50.8 Å². The van der Waals surface area contributed by atoms with Gasteiger partial charge in [0.1, 0.15) is 23.8 Å². The molecule has 11 heteroatoms. The Morgan fingerprint density at radius 3 is 2.25 bits per heavy atom. The summed E-state index contributed by atoms with van der Waals surface area (Å²) in [5, 5.41) is 28.6. The summed E-state index contributed by atoms with van der Waals surface area (Å²) in [5.41, 5.74) is -0.359. The normalized spacial score (nSPS) is 20.2. The summed E-state index contributed by atoms with van der Waals surface area (Å²) < 4.78 is 48.5. The van der Waals surface area contributed by atoms with Crippen LogP contribution in [0.5, 0.6) is 0 Å². The van der Waals surface area contributed by atoms with Gasteiger partial charge in [-0.25, -0.2) is 0 Å². The molecule has 2 unspecified atom stereocenters. The molecule has 4 heterocycles. The monoisotopic (exact) mass is 687 g/mol. The van der Waals surface area contributed by atoms with E-state index in [1.807, 2.05) is 20.2 Å². The summed E-state index contributed by atoms with van der Waals surface area (Å²) in [6.45, 7) is 5.27. The van der Waals surface area contributed by atoms with Crippen LogP contribution in [-0.4, -0.2) is 32.9 Å². The second-order valence-electron chi connectivity index (χ2n) is 12.6. The molecule has 248 valence electrons. The van der Waals surface area contributed by atoms with Gasteiger partial charge >= 0.3 is 6.18 Å². The summed E-state index contributed by atoms with van der Waals surface area (Å²) in [5.74, 6) is -0.652. The predicted molar refractivity (Wildman–Crippen MR) is 187 cm³/mol. The molecule has 5 rings (SSSR count). The number of nitrogens with zero attached hydrogens (tertiary/aromatic N) is 5. The zero-order valence-corrected chi connectivity index (χ0v) is 29.4. The van der Waals surface area contributed by atoms with E-state index in [2.05, 4.69) is 61.0 Å². The fourth-order valence-corrected chi connectivity index (χ4v) is 8.80. The molecule has 0 aliphatic carbocycles. The Morgan fingerprint density at radius 1 is 0.979 bits per heavy atom.